The van der Waals surface area contributed by atoms with Crippen LogP contribution in [0.3, 0.4) is 0 Å². The minimum Gasteiger partial charge on any atom is -0.488 e. The Labute approximate surface area is 103 Å². The predicted octanol–water partition coefficient (Wildman–Crippen LogP) is 3.65. The first-order chi connectivity index (χ1) is 7.00. The molecule has 0 amide bonds. The van der Waals surface area contributed by atoms with Gasteiger partial charge in [-0.25, -0.2) is 0 Å². The second-order valence-corrected chi connectivity index (χ2v) is 4.83. The van der Waals surface area contributed by atoms with Gasteiger partial charge in [0.2, 0.25) is 0 Å². The fourth-order valence-electron chi connectivity index (χ4n) is 1.16. The van der Waals surface area contributed by atoms with Crippen LogP contribution in [0, 0.1) is 0 Å². The fraction of sp³-hybridized carbons (Fsp3) is 0.273. The van der Waals surface area contributed by atoms with Crippen LogP contribution in [0.4, 0.5) is 0 Å². The van der Waals surface area contributed by atoms with Crippen LogP contribution in [-0.2, 0) is 0 Å². The van der Waals surface area contributed by atoms with Gasteiger partial charge in [0.25, 0.3) is 0 Å². The lowest BCUT2D eigenvalue weighted by atomic mass is 10.1. The topological polar surface area (TPSA) is 35.2 Å². The third-order valence-corrected chi connectivity index (χ3v) is 2.31. The highest BCUT2D eigenvalue weighted by Crippen LogP contribution is 2.27. The molecule has 1 rings (SSSR count). The first kappa shape index (κ1) is 12.6. The van der Waals surface area contributed by atoms with Crippen LogP contribution in [-0.4, -0.2) is 6.61 Å². The zero-order chi connectivity index (χ0) is 11.4. The highest BCUT2D eigenvalue weighted by atomic mass is 79.9. The Balaban J connectivity index is 2.90. The number of ether oxygens (including phenoxy) is 1. The molecule has 0 spiro atoms. The maximum absolute atomic E-state index is 5.89. The summed E-state index contributed by atoms with van der Waals surface area (Å²) < 4.78 is 6.32. The van der Waals surface area contributed by atoms with Gasteiger partial charge >= 0.3 is 0 Å². The van der Waals surface area contributed by atoms with Crippen LogP contribution in [0.2, 0.25) is 5.02 Å². The lowest BCUT2D eigenvalue weighted by Gasteiger charge is -2.13. The van der Waals surface area contributed by atoms with Gasteiger partial charge in [0.1, 0.15) is 12.4 Å². The molecule has 1 aromatic carbocycles. The van der Waals surface area contributed by atoms with E-state index in [1.165, 1.54) is 0 Å². The summed E-state index contributed by atoms with van der Waals surface area (Å²) in [4.78, 5) is 0. The lowest BCUT2D eigenvalue weighted by molar-refractivity contribution is 0.355. The van der Waals surface area contributed by atoms with Crippen molar-refractivity contribution in [2.75, 3.05) is 6.61 Å². The molecule has 1 aromatic rings. The average Bonchev–Trinajstić information content (AvgIpc) is 2.15. The van der Waals surface area contributed by atoms with E-state index in [0.717, 1.165) is 15.8 Å². The van der Waals surface area contributed by atoms with Gasteiger partial charge < -0.3 is 10.5 Å². The van der Waals surface area contributed by atoms with Gasteiger partial charge in [0.15, 0.2) is 0 Å². The van der Waals surface area contributed by atoms with Crippen molar-refractivity contribution < 1.29 is 4.74 Å². The molecular weight excluding hydrogens is 277 g/mol. The smallest absolute Gasteiger partial charge is 0.124 e. The molecule has 0 bridgehead atoms. The van der Waals surface area contributed by atoms with Crippen LogP contribution < -0.4 is 10.5 Å². The van der Waals surface area contributed by atoms with Crippen LogP contribution in [0.1, 0.15) is 18.5 Å². The molecular formula is C11H13BrClNO. The monoisotopic (exact) mass is 289 g/mol. The van der Waals surface area contributed by atoms with E-state index in [0.29, 0.717) is 11.6 Å². The molecule has 0 aliphatic heterocycles. The number of hydrogen-bond donors (Lipinski definition) is 1. The highest BCUT2D eigenvalue weighted by Gasteiger charge is 2.08. The molecule has 0 fully saturated rings. The number of nitrogens with two attached hydrogens (primary N) is 1. The molecule has 0 aromatic heterocycles. The molecule has 0 heterocycles. The van der Waals surface area contributed by atoms with Crippen molar-refractivity contribution in [1.82, 2.24) is 0 Å². The Morgan fingerprint density at radius 3 is 2.87 bits per heavy atom. The lowest BCUT2D eigenvalue weighted by Crippen LogP contribution is -2.08. The largest absolute Gasteiger partial charge is 0.488 e. The summed E-state index contributed by atoms with van der Waals surface area (Å²) in [6.07, 6.45) is 0. The summed E-state index contributed by atoms with van der Waals surface area (Å²) in [5.74, 6) is 0.745. The van der Waals surface area contributed by atoms with Crippen molar-refractivity contribution in [3.8, 4) is 5.75 Å². The molecule has 0 saturated heterocycles. The van der Waals surface area contributed by atoms with E-state index in [1.54, 1.807) is 6.07 Å². The van der Waals surface area contributed by atoms with Crippen molar-refractivity contribution in [3.05, 3.63) is 39.8 Å². The molecule has 0 aliphatic rings. The Morgan fingerprint density at radius 2 is 2.33 bits per heavy atom. The summed E-state index contributed by atoms with van der Waals surface area (Å²) >= 11 is 9.12. The van der Waals surface area contributed by atoms with Gasteiger partial charge in [-0.1, -0.05) is 34.1 Å². The van der Waals surface area contributed by atoms with Gasteiger partial charge in [0, 0.05) is 21.1 Å². The molecule has 4 heteroatoms. The van der Waals surface area contributed by atoms with E-state index in [1.807, 2.05) is 19.1 Å². The summed E-state index contributed by atoms with van der Waals surface area (Å²) in [6.45, 7) is 6.00. The quantitative estimate of drug-likeness (QED) is 0.918. The Kier molecular flexibility index (Phi) is 4.64. The van der Waals surface area contributed by atoms with E-state index in [2.05, 4.69) is 22.5 Å². The highest BCUT2D eigenvalue weighted by molar-refractivity contribution is 9.11. The van der Waals surface area contributed by atoms with Crippen molar-refractivity contribution in [3.63, 3.8) is 0 Å². The zero-order valence-electron chi connectivity index (χ0n) is 8.47. The van der Waals surface area contributed by atoms with Gasteiger partial charge in [0.05, 0.1) is 0 Å². The van der Waals surface area contributed by atoms with E-state index in [-0.39, 0.29) is 6.04 Å². The minimum atomic E-state index is -0.109. The fourth-order valence-corrected chi connectivity index (χ4v) is 1.46. The SMILES string of the molecule is C=C(Br)COc1ccc(Cl)cc1C(C)N. The third kappa shape index (κ3) is 3.86. The zero-order valence-corrected chi connectivity index (χ0v) is 10.8. The molecule has 1 unspecified atom stereocenters. The minimum absolute atomic E-state index is 0.109. The molecule has 2 nitrogen and oxygen atoms in total. The Bertz CT molecular complexity index is 366. The standard InChI is InChI=1S/C11H13BrClNO/c1-7(12)6-15-11-4-3-9(13)5-10(11)8(2)14/h3-5,8H,1,6,14H2,2H3. The molecule has 0 radical (unpaired) electrons. The first-order valence-electron chi connectivity index (χ1n) is 4.52. The number of halogens is 2. The number of rotatable bonds is 4. The van der Waals surface area contributed by atoms with Crippen molar-refractivity contribution in [2.24, 2.45) is 5.73 Å². The van der Waals surface area contributed by atoms with E-state index < -0.39 is 0 Å². The van der Waals surface area contributed by atoms with Crippen molar-refractivity contribution in [2.45, 2.75) is 13.0 Å². The maximum atomic E-state index is 5.89. The van der Waals surface area contributed by atoms with Crippen LogP contribution in [0.15, 0.2) is 29.3 Å². The first-order valence-corrected chi connectivity index (χ1v) is 5.69. The van der Waals surface area contributed by atoms with Crippen LogP contribution in [0.5, 0.6) is 5.75 Å². The molecule has 0 aliphatic carbocycles. The summed E-state index contributed by atoms with van der Waals surface area (Å²) in [5.41, 5.74) is 6.72. The third-order valence-electron chi connectivity index (χ3n) is 1.85. The molecule has 15 heavy (non-hydrogen) atoms. The summed E-state index contributed by atoms with van der Waals surface area (Å²) in [5, 5.41) is 0.660. The molecule has 0 saturated carbocycles. The maximum Gasteiger partial charge on any atom is 0.124 e. The van der Waals surface area contributed by atoms with E-state index in [9.17, 15) is 0 Å². The number of hydrogen-bond acceptors (Lipinski definition) is 2. The van der Waals surface area contributed by atoms with Crippen LogP contribution >= 0.6 is 27.5 Å². The van der Waals surface area contributed by atoms with Gasteiger partial charge in [-0.05, 0) is 25.1 Å². The van der Waals surface area contributed by atoms with Crippen molar-refractivity contribution in [1.29, 1.82) is 0 Å². The van der Waals surface area contributed by atoms with Gasteiger partial charge in [-0.3, -0.25) is 0 Å². The average molecular weight is 291 g/mol. The van der Waals surface area contributed by atoms with E-state index in [4.69, 9.17) is 22.1 Å². The second-order valence-electron chi connectivity index (χ2n) is 3.28. The molecule has 2 N–H and O–H groups in total. The van der Waals surface area contributed by atoms with E-state index >= 15 is 0 Å². The molecule has 82 valence electrons. The second kappa shape index (κ2) is 5.54. The predicted molar refractivity (Wildman–Crippen MR) is 67.6 cm³/mol. The Hall–Kier alpha value is -0.510. The molecule has 1 atom stereocenters. The number of benzene rings is 1. The van der Waals surface area contributed by atoms with Gasteiger partial charge in [-0.15, -0.1) is 0 Å². The normalized spacial score (nSPS) is 12.3. The summed E-state index contributed by atoms with van der Waals surface area (Å²) in [6, 6.07) is 5.30. The van der Waals surface area contributed by atoms with Gasteiger partial charge in [-0.2, -0.15) is 0 Å². The van der Waals surface area contributed by atoms with Crippen LogP contribution in [0.25, 0.3) is 0 Å². The van der Waals surface area contributed by atoms with Crippen molar-refractivity contribution >= 4 is 27.5 Å². The Morgan fingerprint density at radius 1 is 1.67 bits per heavy atom. The summed E-state index contributed by atoms with van der Waals surface area (Å²) in [7, 11) is 0.